The highest BCUT2D eigenvalue weighted by Crippen LogP contribution is 2.64. The smallest absolute Gasteiger partial charge is 0.359 e. The van der Waals surface area contributed by atoms with Crippen LogP contribution in [-0.2, 0) is 0 Å². The number of hydrogen-bond acceptors (Lipinski definition) is 1. The van der Waals surface area contributed by atoms with E-state index in [0.29, 0.717) is 0 Å². The zero-order valence-corrected chi connectivity index (χ0v) is 12.8. The standard InChI is InChI=1S/C10H3F19O/c11-1(12)3(14,15)5(18,19)7(22,23)9(26,27)10(28,29)8(24,25)6(20,21)4(16,17)2(13)30/h1-2,30H. The van der Waals surface area contributed by atoms with Gasteiger partial charge in [0.25, 0.3) is 6.36 Å². The average molecular weight is 500 g/mol. The van der Waals surface area contributed by atoms with E-state index in [0.717, 1.165) is 0 Å². The monoisotopic (exact) mass is 500 g/mol. The van der Waals surface area contributed by atoms with Crippen LogP contribution < -0.4 is 0 Å². The van der Waals surface area contributed by atoms with E-state index in [1.807, 2.05) is 0 Å². The van der Waals surface area contributed by atoms with Crippen LogP contribution in [0, 0.1) is 0 Å². The molecule has 0 aromatic carbocycles. The van der Waals surface area contributed by atoms with Crippen molar-refractivity contribution in [2.45, 2.75) is 60.2 Å². The molecule has 0 aliphatic rings. The molecule has 0 spiro atoms. The SMILES string of the molecule is OC(F)C(F)(F)C(F)(F)C(F)(F)C(F)(F)C(F)(F)C(F)(F)C(F)(F)C(F)(F)C(F)F. The highest BCUT2D eigenvalue weighted by Gasteiger charge is 2.95. The molecule has 30 heavy (non-hydrogen) atoms. The van der Waals surface area contributed by atoms with E-state index in [4.69, 9.17) is 5.11 Å². The Balaban J connectivity index is 6.82. The van der Waals surface area contributed by atoms with Crippen LogP contribution in [0.2, 0.25) is 0 Å². The minimum Gasteiger partial charge on any atom is -0.359 e. The van der Waals surface area contributed by atoms with E-state index in [1.54, 1.807) is 0 Å². The summed E-state index contributed by atoms with van der Waals surface area (Å²) in [5.41, 5.74) is 0. The van der Waals surface area contributed by atoms with Gasteiger partial charge in [-0.15, -0.1) is 0 Å². The molecule has 20 heteroatoms. The maximum atomic E-state index is 13.1. The van der Waals surface area contributed by atoms with E-state index >= 15 is 0 Å². The summed E-state index contributed by atoms with van der Waals surface area (Å²) >= 11 is 0. The Morgan fingerprint density at radius 1 is 0.367 bits per heavy atom. The third kappa shape index (κ3) is 3.23. The zero-order chi connectivity index (χ0) is 25.2. The highest BCUT2D eigenvalue weighted by molar-refractivity contribution is 5.16. The molecule has 0 bridgehead atoms. The van der Waals surface area contributed by atoms with Gasteiger partial charge in [-0.25, -0.2) is 13.2 Å². The lowest BCUT2D eigenvalue weighted by molar-refractivity contribution is -0.462. The molecular formula is C10H3F19O. The van der Waals surface area contributed by atoms with Gasteiger partial charge in [-0.05, 0) is 0 Å². The minimum atomic E-state index is -8.88. The fraction of sp³-hybridized carbons (Fsp3) is 1.00. The zero-order valence-electron chi connectivity index (χ0n) is 12.8. The molecule has 0 saturated carbocycles. The largest absolute Gasteiger partial charge is 0.385 e. The molecule has 0 aromatic heterocycles. The van der Waals surface area contributed by atoms with Gasteiger partial charge in [0.2, 0.25) is 0 Å². The third-order valence-electron chi connectivity index (χ3n) is 3.38. The summed E-state index contributed by atoms with van der Waals surface area (Å²) in [4.78, 5) is 0. The molecular weight excluding hydrogens is 497 g/mol. The fourth-order valence-corrected chi connectivity index (χ4v) is 1.49. The predicted molar refractivity (Wildman–Crippen MR) is 52.7 cm³/mol. The molecule has 0 rings (SSSR count). The lowest BCUT2D eigenvalue weighted by Gasteiger charge is -2.43. The first-order valence-electron chi connectivity index (χ1n) is 6.26. The summed E-state index contributed by atoms with van der Waals surface area (Å²) in [6.07, 6.45) is -11.6. The molecule has 0 radical (unpaired) electrons. The van der Waals surface area contributed by atoms with Gasteiger partial charge in [-0.3, -0.25) is 0 Å². The van der Waals surface area contributed by atoms with Gasteiger partial charge in [0.1, 0.15) is 0 Å². The average Bonchev–Trinajstić information content (AvgIpc) is 2.52. The molecule has 0 saturated heterocycles. The van der Waals surface area contributed by atoms with Crippen molar-refractivity contribution < 1.29 is 88.5 Å². The number of aliphatic hydroxyl groups excluding tert-OH is 1. The van der Waals surface area contributed by atoms with Gasteiger partial charge in [0.05, 0.1) is 0 Å². The normalized spacial score (nSPS) is 17.5. The van der Waals surface area contributed by atoms with E-state index < -0.39 is 60.2 Å². The van der Waals surface area contributed by atoms with Gasteiger partial charge in [0, 0.05) is 0 Å². The Kier molecular flexibility index (Phi) is 6.75. The van der Waals surface area contributed by atoms with Crippen LogP contribution in [0.15, 0.2) is 0 Å². The first-order valence-corrected chi connectivity index (χ1v) is 6.26. The summed E-state index contributed by atoms with van der Waals surface area (Å²) in [5.74, 6) is -66.9. The van der Waals surface area contributed by atoms with Crippen LogP contribution in [0.3, 0.4) is 0 Å². The van der Waals surface area contributed by atoms with E-state index in [9.17, 15) is 83.4 Å². The van der Waals surface area contributed by atoms with Crippen molar-refractivity contribution in [1.82, 2.24) is 0 Å². The summed E-state index contributed by atoms with van der Waals surface area (Å²) in [7, 11) is 0. The molecule has 0 heterocycles. The van der Waals surface area contributed by atoms with Crippen molar-refractivity contribution in [2.75, 3.05) is 0 Å². The number of rotatable bonds is 9. The fourth-order valence-electron chi connectivity index (χ4n) is 1.49. The minimum absolute atomic E-state index is 5.56. The summed E-state index contributed by atoms with van der Waals surface area (Å²) in [6, 6.07) is 0. The van der Waals surface area contributed by atoms with Crippen molar-refractivity contribution in [2.24, 2.45) is 0 Å². The predicted octanol–water partition coefficient (Wildman–Crippen LogP) is 5.62. The number of alkyl halides is 19. The highest BCUT2D eigenvalue weighted by atomic mass is 19.4. The number of aliphatic hydroxyl groups is 1. The van der Waals surface area contributed by atoms with Crippen LogP contribution >= 0.6 is 0 Å². The van der Waals surface area contributed by atoms with Crippen LogP contribution in [0.4, 0.5) is 83.4 Å². The Morgan fingerprint density at radius 2 is 0.567 bits per heavy atom. The summed E-state index contributed by atoms with van der Waals surface area (Å²) in [5, 5.41) is 7.59. The maximum Gasteiger partial charge on any atom is 0.385 e. The lowest BCUT2D eigenvalue weighted by Crippen LogP contribution is -2.75. The second-order valence-electron chi connectivity index (χ2n) is 5.33. The van der Waals surface area contributed by atoms with Crippen LogP contribution in [0.25, 0.3) is 0 Å². The molecule has 1 N–H and O–H groups in total. The van der Waals surface area contributed by atoms with Gasteiger partial charge < -0.3 is 5.11 Å². The van der Waals surface area contributed by atoms with Crippen molar-refractivity contribution in [1.29, 1.82) is 0 Å². The molecule has 0 fully saturated rings. The van der Waals surface area contributed by atoms with Crippen molar-refractivity contribution in [3.8, 4) is 0 Å². The molecule has 1 unspecified atom stereocenters. The van der Waals surface area contributed by atoms with Crippen LogP contribution in [0.1, 0.15) is 0 Å². The topological polar surface area (TPSA) is 20.2 Å². The first-order chi connectivity index (χ1) is 12.6. The van der Waals surface area contributed by atoms with E-state index in [2.05, 4.69) is 0 Å². The van der Waals surface area contributed by atoms with Gasteiger partial charge in [0.15, 0.2) is 0 Å². The van der Waals surface area contributed by atoms with E-state index in [-0.39, 0.29) is 0 Å². The maximum absolute atomic E-state index is 13.1. The van der Waals surface area contributed by atoms with Crippen molar-refractivity contribution >= 4 is 0 Å². The Morgan fingerprint density at radius 3 is 0.767 bits per heavy atom. The Bertz CT molecular complexity index is 565. The third-order valence-corrected chi connectivity index (χ3v) is 3.38. The first kappa shape index (κ1) is 28.6. The van der Waals surface area contributed by atoms with E-state index in [1.165, 1.54) is 0 Å². The molecule has 0 aliphatic heterocycles. The molecule has 182 valence electrons. The molecule has 0 aromatic rings. The van der Waals surface area contributed by atoms with Gasteiger partial charge in [-0.2, -0.15) is 70.2 Å². The second kappa shape index (κ2) is 7.07. The van der Waals surface area contributed by atoms with Crippen molar-refractivity contribution in [3.05, 3.63) is 0 Å². The number of hydrogen-bond donors (Lipinski definition) is 1. The Labute approximate surface area is 150 Å². The second-order valence-corrected chi connectivity index (χ2v) is 5.33. The lowest BCUT2D eigenvalue weighted by atomic mass is 9.87. The van der Waals surface area contributed by atoms with Crippen LogP contribution in [0.5, 0.6) is 0 Å². The van der Waals surface area contributed by atoms with Crippen molar-refractivity contribution in [3.63, 3.8) is 0 Å². The molecule has 1 nitrogen and oxygen atoms in total. The Hall–Kier alpha value is -1.37. The molecule has 1 atom stereocenters. The van der Waals surface area contributed by atoms with Gasteiger partial charge >= 0.3 is 53.8 Å². The number of halogens is 19. The molecule has 0 amide bonds. The molecule has 0 aliphatic carbocycles. The summed E-state index contributed by atoms with van der Waals surface area (Å²) in [6.45, 7) is 0. The van der Waals surface area contributed by atoms with Gasteiger partial charge in [-0.1, -0.05) is 0 Å². The van der Waals surface area contributed by atoms with Crippen LogP contribution in [-0.4, -0.2) is 65.3 Å². The quantitative estimate of drug-likeness (QED) is 0.408. The summed E-state index contributed by atoms with van der Waals surface area (Å²) < 4.78 is 242.